The van der Waals surface area contributed by atoms with Crippen molar-refractivity contribution in [3.8, 4) is 0 Å². The maximum absolute atomic E-state index is 12.4. The molecule has 2 amide bonds. The second-order valence-corrected chi connectivity index (χ2v) is 7.14. The van der Waals surface area contributed by atoms with E-state index < -0.39 is 5.25 Å². The Hall–Kier alpha value is -1.24. The van der Waals surface area contributed by atoms with Gasteiger partial charge in [-0.3, -0.25) is 9.59 Å². The molecule has 0 radical (unpaired) electrons. The number of morpholine rings is 1. The lowest BCUT2D eigenvalue weighted by Crippen LogP contribution is -2.46. The molecule has 0 spiro atoms. The predicted molar refractivity (Wildman–Crippen MR) is 86.3 cm³/mol. The van der Waals surface area contributed by atoms with Crippen molar-refractivity contribution in [2.45, 2.75) is 29.6 Å². The molecule has 1 fully saturated rings. The van der Waals surface area contributed by atoms with Gasteiger partial charge in [0.05, 0.1) is 23.6 Å². The van der Waals surface area contributed by atoms with Crippen LogP contribution in [0, 0.1) is 0 Å². The van der Waals surface area contributed by atoms with Crippen LogP contribution in [0.3, 0.4) is 0 Å². The maximum Gasteiger partial charge on any atom is 0.238 e. The number of amides is 2. The van der Waals surface area contributed by atoms with Crippen molar-refractivity contribution in [3.05, 3.63) is 23.2 Å². The molecule has 2 heterocycles. The summed E-state index contributed by atoms with van der Waals surface area (Å²) in [6, 6.07) is 5.38. The molecule has 1 aromatic carbocycles. The molecule has 5 nitrogen and oxygen atoms in total. The lowest BCUT2D eigenvalue weighted by molar-refractivity contribution is -0.139. The summed E-state index contributed by atoms with van der Waals surface area (Å²) in [6.07, 6.45) is 0.249. The zero-order chi connectivity index (χ0) is 15.7. The molecule has 3 rings (SSSR count). The van der Waals surface area contributed by atoms with Gasteiger partial charge in [0.1, 0.15) is 0 Å². The van der Waals surface area contributed by atoms with Gasteiger partial charge in [-0.25, -0.2) is 0 Å². The fourth-order valence-corrected chi connectivity index (χ4v) is 3.84. The Morgan fingerprint density at radius 2 is 2.36 bits per heavy atom. The van der Waals surface area contributed by atoms with Crippen molar-refractivity contribution in [1.29, 1.82) is 0 Å². The number of nitrogens with one attached hydrogen (secondary N) is 1. The third kappa shape index (κ3) is 3.39. The molecule has 0 unspecified atom stereocenters. The average Bonchev–Trinajstić information content (AvgIpc) is 2.48. The van der Waals surface area contributed by atoms with E-state index in [2.05, 4.69) is 5.32 Å². The van der Waals surface area contributed by atoms with Crippen molar-refractivity contribution in [2.24, 2.45) is 0 Å². The molecule has 2 atom stereocenters. The number of carbonyl (C=O) groups excluding carboxylic acids is 2. The second-order valence-electron chi connectivity index (χ2n) is 5.46. The second kappa shape index (κ2) is 6.48. The van der Waals surface area contributed by atoms with Gasteiger partial charge in [-0.15, -0.1) is 11.8 Å². The number of anilines is 1. The van der Waals surface area contributed by atoms with Crippen molar-refractivity contribution in [3.63, 3.8) is 0 Å². The molecule has 118 valence electrons. The van der Waals surface area contributed by atoms with E-state index in [9.17, 15) is 9.59 Å². The number of benzene rings is 1. The van der Waals surface area contributed by atoms with E-state index in [0.29, 0.717) is 30.4 Å². The summed E-state index contributed by atoms with van der Waals surface area (Å²) >= 11 is 7.34. The van der Waals surface area contributed by atoms with Crippen LogP contribution in [0.1, 0.15) is 13.3 Å². The quantitative estimate of drug-likeness (QED) is 0.898. The van der Waals surface area contributed by atoms with Crippen LogP contribution < -0.4 is 5.32 Å². The highest BCUT2D eigenvalue weighted by Crippen LogP contribution is 2.38. The number of hydrogen-bond donors (Lipinski definition) is 1. The van der Waals surface area contributed by atoms with Crippen molar-refractivity contribution in [1.82, 2.24) is 4.90 Å². The molecule has 1 aromatic rings. The summed E-state index contributed by atoms with van der Waals surface area (Å²) in [7, 11) is 0. The topological polar surface area (TPSA) is 58.6 Å². The van der Waals surface area contributed by atoms with Crippen molar-refractivity contribution < 1.29 is 14.3 Å². The Kier molecular flexibility index (Phi) is 4.61. The monoisotopic (exact) mass is 340 g/mol. The first-order valence-electron chi connectivity index (χ1n) is 7.19. The fraction of sp³-hybridized carbons (Fsp3) is 0.467. The highest BCUT2D eigenvalue weighted by molar-refractivity contribution is 8.01. The van der Waals surface area contributed by atoms with Gasteiger partial charge in [-0.2, -0.15) is 0 Å². The van der Waals surface area contributed by atoms with Gasteiger partial charge in [0.2, 0.25) is 11.8 Å². The molecule has 22 heavy (non-hydrogen) atoms. The number of fused-ring (bicyclic) bond motifs is 1. The average molecular weight is 341 g/mol. The summed E-state index contributed by atoms with van der Waals surface area (Å²) in [5.41, 5.74) is 0.714. The maximum atomic E-state index is 12.4. The van der Waals surface area contributed by atoms with E-state index in [4.69, 9.17) is 16.3 Å². The van der Waals surface area contributed by atoms with Crippen LogP contribution >= 0.6 is 23.4 Å². The van der Waals surface area contributed by atoms with E-state index >= 15 is 0 Å². The zero-order valence-electron chi connectivity index (χ0n) is 12.2. The Balaban J connectivity index is 1.67. The summed E-state index contributed by atoms with van der Waals surface area (Å²) < 4.78 is 5.44. The number of hydrogen-bond acceptors (Lipinski definition) is 4. The highest BCUT2D eigenvalue weighted by Gasteiger charge is 2.31. The summed E-state index contributed by atoms with van der Waals surface area (Å²) in [4.78, 5) is 27.3. The third-order valence-corrected chi connectivity index (χ3v) is 5.23. The predicted octanol–water partition coefficient (Wildman–Crippen LogP) is 2.39. The normalized spacial score (nSPS) is 24.6. The molecular weight excluding hydrogens is 324 g/mol. The van der Waals surface area contributed by atoms with Gasteiger partial charge >= 0.3 is 0 Å². The van der Waals surface area contributed by atoms with Gasteiger partial charge < -0.3 is 15.0 Å². The number of rotatable bonds is 2. The van der Waals surface area contributed by atoms with E-state index in [1.807, 2.05) is 13.0 Å². The Bertz CT molecular complexity index is 610. The van der Waals surface area contributed by atoms with Crippen LogP contribution in [0.2, 0.25) is 5.02 Å². The summed E-state index contributed by atoms with van der Waals surface area (Å²) in [5.74, 6) is -0.144. The van der Waals surface area contributed by atoms with E-state index in [1.54, 1.807) is 17.0 Å². The van der Waals surface area contributed by atoms with Gasteiger partial charge in [0.15, 0.2) is 0 Å². The van der Waals surface area contributed by atoms with E-state index in [1.165, 1.54) is 11.8 Å². The molecule has 7 heteroatoms. The number of nitrogens with zero attached hydrogens (tertiary/aromatic N) is 1. The molecule has 0 aliphatic carbocycles. The lowest BCUT2D eigenvalue weighted by Gasteiger charge is -2.32. The molecular formula is C15H17ClN2O3S. The van der Waals surface area contributed by atoms with Crippen LogP contribution in [0.25, 0.3) is 0 Å². The fourth-order valence-electron chi connectivity index (χ4n) is 2.59. The van der Waals surface area contributed by atoms with Crippen LogP contribution in [-0.2, 0) is 14.3 Å². The molecule has 2 aliphatic heterocycles. The number of carbonyl (C=O) groups is 2. The van der Waals surface area contributed by atoms with Crippen molar-refractivity contribution in [2.75, 3.05) is 25.0 Å². The first-order valence-corrected chi connectivity index (χ1v) is 8.45. The van der Waals surface area contributed by atoms with Crippen LogP contribution in [0.4, 0.5) is 5.69 Å². The van der Waals surface area contributed by atoms with E-state index in [-0.39, 0.29) is 24.3 Å². The molecule has 0 bridgehead atoms. The van der Waals surface area contributed by atoms with Gasteiger partial charge in [0.25, 0.3) is 0 Å². The number of thioether (sulfide) groups is 1. The van der Waals surface area contributed by atoms with Crippen LogP contribution in [-0.4, -0.2) is 47.8 Å². The van der Waals surface area contributed by atoms with E-state index in [0.717, 1.165) is 4.90 Å². The molecule has 2 aliphatic rings. The Morgan fingerprint density at radius 3 is 3.14 bits per heavy atom. The Morgan fingerprint density at radius 1 is 1.55 bits per heavy atom. The van der Waals surface area contributed by atoms with Crippen molar-refractivity contribution >= 4 is 40.9 Å². The highest BCUT2D eigenvalue weighted by atomic mass is 35.5. The Labute approximate surface area is 138 Å². The standard InChI is InChI=1S/C15H17ClN2O3S/c1-9-8-18(4-5-21-9)14(19)7-13-15(20)17-11-6-10(16)2-3-12(11)22-13/h2-3,6,9,13H,4-5,7-8H2,1H3,(H,17,20)/t9-,13+/m1/s1. The zero-order valence-corrected chi connectivity index (χ0v) is 13.7. The van der Waals surface area contributed by atoms with Gasteiger partial charge in [-0.1, -0.05) is 11.6 Å². The molecule has 1 saturated heterocycles. The number of halogens is 1. The minimum atomic E-state index is -0.403. The lowest BCUT2D eigenvalue weighted by atomic mass is 10.2. The SMILES string of the molecule is C[C@@H]1CN(C(=O)C[C@@H]2Sc3ccc(Cl)cc3NC2=O)CCO1. The minimum Gasteiger partial charge on any atom is -0.375 e. The molecule has 0 aromatic heterocycles. The number of ether oxygens (including phenoxy) is 1. The largest absolute Gasteiger partial charge is 0.375 e. The molecule has 0 saturated carbocycles. The first-order chi connectivity index (χ1) is 10.5. The summed E-state index contributed by atoms with van der Waals surface area (Å²) in [6.45, 7) is 3.68. The van der Waals surface area contributed by atoms with Crippen LogP contribution in [0.5, 0.6) is 0 Å². The van der Waals surface area contributed by atoms with Gasteiger partial charge in [0, 0.05) is 29.4 Å². The smallest absolute Gasteiger partial charge is 0.238 e. The minimum absolute atomic E-state index is 0.000198. The van der Waals surface area contributed by atoms with Gasteiger partial charge in [-0.05, 0) is 25.1 Å². The first kappa shape index (κ1) is 15.6. The summed E-state index contributed by atoms with van der Waals surface area (Å²) in [5, 5.41) is 3.00. The van der Waals surface area contributed by atoms with Crippen LogP contribution in [0.15, 0.2) is 23.1 Å². The third-order valence-electron chi connectivity index (χ3n) is 3.71. The molecule has 1 N–H and O–H groups in total.